The Morgan fingerprint density at radius 2 is 2.25 bits per heavy atom. The average molecular weight is 289 g/mol. The molecule has 3 aliphatic rings. The van der Waals surface area contributed by atoms with Gasteiger partial charge in [0.2, 0.25) is 0 Å². The zero-order valence-electron chi connectivity index (χ0n) is 11.5. The normalized spacial score (nSPS) is 30.7. The number of allylic oxidation sites excluding steroid dienone is 2. The molecule has 0 saturated heterocycles. The number of ketones is 1. The minimum atomic E-state index is 0.115. The Morgan fingerprint density at radius 1 is 1.45 bits per heavy atom. The number of fused-ring (bicyclic) bond motifs is 3. The molecule has 4 rings (SSSR count). The summed E-state index contributed by atoms with van der Waals surface area (Å²) in [6.45, 7) is 2.07. The molecule has 3 aliphatic carbocycles. The van der Waals surface area contributed by atoms with Crippen LogP contribution in [0.25, 0.3) is 5.57 Å². The summed E-state index contributed by atoms with van der Waals surface area (Å²) in [4.78, 5) is 12.6. The van der Waals surface area contributed by atoms with Crippen molar-refractivity contribution < 1.29 is 9.90 Å². The number of phenolic OH excluding ortho intramolecular Hbond substituents is 1. The van der Waals surface area contributed by atoms with Crippen molar-refractivity contribution in [3.63, 3.8) is 0 Å². The predicted molar refractivity (Wildman–Crippen MR) is 78.8 cm³/mol. The summed E-state index contributed by atoms with van der Waals surface area (Å²) in [6.07, 6.45) is 4.73. The second kappa shape index (κ2) is 3.88. The van der Waals surface area contributed by atoms with Crippen molar-refractivity contribution in [2.75, 3.05) is 0 Å². The second-order valence-corrected chi connectivity index (χ2v) is 6.77. The predicted octanol–water partition coefficient (Wildman–Crippen LogP) is 4.13. The van der Waals surface area contributed by atoms with Crippen molar-refractivity contribution in [1.29, 1.82) is 0 Å². The quantitative estimate of drug-likeness (QED) is 0.843. The van der Waals surface area contributed by atoms with Gasteiger partial charge in [-0.05, 0) is 60.4 Å². The highest BCUT2D eigenvalue weighted by molar-refractivity contribution is 6.33. The molecule has 1 aromatic carbocycles. The van der Waals surface area contributed by atoms with E-state index in [4.69, 9.17) is 11.6 Å². The zero-order chi connectivity index (χ0) is 14.1. The molecule has 2 atom stereocenters. The van der Waals surface area contributed by atoms with Crippen LogP contribution >= 0.6 is 11.6 Å². The van der Waals surface area contributed by atoms with E-state index in [-0.39, 0.29) is 17.1 Å². The van der Waals surface area contributed by atoms with Crippen molar-refractivity contribution in [3.05, 3.63) is 33.9 Å². The van der Waals surface area contributed by atoms with Crippen LogP contribution in [0.2, 0.25) is 5.02 Å². The average Bonchev–Trinajstić information content (AvgIpc) is 2.97. The van der Waals surface area contributed by atoms with Gasteiger partial charge < -0.3 is 5.11 Å². The Labute approximate surface area is 123 Å². The molecule has 1 saturated carbocycles. The smallest absolute Gasteiger partial charge is 0.162 e. The molecule has 1 N–H and O–H groups in total. The maximum atomic E-state index is 12.6. The van der Waals surface area contributed by atoms with Gasteiger partial charge >= 0.3 is 0 Å². The zero-order valence-corrected chi connectivity index (χ0v) is 12.3. The highest BCUT2D eigenvalue weighted by Gasteiger charge is 2.54. The number of hydrogen-bond donors (Lipinski definition) is 1. The maximum absolute atomic E-state index is 12.6. The van der Waals surface area contributed by atoms with Crippen LogP contribution in [0.3, 0.4) is 0 Å². The number of aromatic hydroxyl groups is 1. The summed E-state index contributed by atoms with van der Waals surface area (Å²) >= 11 is 6.31. The van der Waals surface area contributed by atoms with Gasteiger partial charge in [0, 0.05) is 11.3 Å². The van der Waals surface area contributed by atoms with Gasteiger partial charge in [-0.15, -0.1) is 0 Å². The third-order valence-corrected chi connectivity index (χ3v) is 5.89. The van der Waals surface area contributed by atoms with E-state index in [1.165, 1.54) is 5.57 Å². The van der Waals surface area contributed by atoms with Gasteiger partial charge in [0.1, 0.15) is 5.75 Å². The lowest BCUT2D eigenvalue weighted by Crippen LogP contribution is -2.27. The third-order valence-electron chi connectivity index (χ3n) is 5.47. The fraction of sp³-hybridized carbons (Fsp3) is 0.471. The molecule has 20 heavy (non-hydrogen) atoms. The van der Waals surface area contributed by atoms with Gasteiger partial charge in [-0.1, -0.05) is 24.6 Å². The van der Waals surface area contributed by atoms with E-state index in [1.807, 2.05) is 6.07 Å². The molecule has 1 aromatic rings. The number of halogens is 1. The summed E-state index contributed by atoms with van der Waals surface area (Å²) < 4.78 is 0. The van der Waals surface area contributed by atoms with Crippen LogP contribution in [-0.4, -0.2) is 10.9 Å². The maximum Gasteiger partial charge on any atom is 0.162 e. The van der Waals surface area contributed by atoms with Gasteiger partial charge in [-0.25, -0.2) is 0 Å². The van der Waals surface area contributed by atoms with Crippen molar-refractivity contribution in [2.45, 2.75) is 39.0 Å². The van der Waals surface area contributed by atoms with E-state index < -0.39 is 0 Å². The van der Waals surface area contributed by atoms with Crippen molar-refractivity contribution in [1.82, 2.24) is 0 Å². The van der Waals surface area contributed by atoms with Gasteiger partial charge in [0.25, 0.3) is 0 Å². The van der Waals surface area contributed by atoms with E-state index >= 15 is 0 Å². The Kier molecular flexibility index (Phi) is 2.42. The van der Waals surface area contributed by atoms with Crippen molar-refractivity contribution >= 4 is 23.0 Å². The molecule has 0 heterocycles. The van der Waals surface area contributed by atoms with E-state index in [0.29, 0.717) is 10.8 Å². The lowest BCUT2D eigenvalue weighted by molar-refractivity contribution is -0.119. The molecule has 2 unspecified atom stereocenters. The molecule has 1 spiro atoms. The number of rotatable bonds is 1. The van der Waals surface area contributed by atoms with Crippen LogP contribution in [0.1, 0.15) is 43.7 Å². The monoisotopic (exact) mass is 288 g/mol. The molecule has 104 valence electrons. The fourth-order valence-electron chi connectivity index (χ4n) is 4.67. The minimum Gasteiger partial charge on any atom is -0.506 e. The van der Waals surface area contributed by atoms with E-state index in [9.17, 15) is 9.90 Å². The number of benzene rings is 1. The van der Waals surface area contributed by atoms with E-state index in [0.717, 1.165) is 48.8 Å². The third kappa shape index (κ3) is 1.33. The number of hydrogen-bond acceptors (Lipinski definition) is 2. The number of Topliss-reactive ketones (excluding diaryl/α,β-unsaturated/α-hetero) is 1. The van der Waals surface area contributed by atoms with Crippen LogP contribution < -0.4 is 0 Å². The highest BCUT2D eigenvalue weighted by Crippen LogP contribution is 2.63. The fourth-order valence-corrected chi connectivity index (χ4v) is 4.90. The first kappa shape index (κ1) is 12.5. The van der Waals surface area contributed by atoms with Gasteiger partial charge in [-0.3, -0.25) is 4.79 Å². The van der Waals surface area contributed by atoms with Gasteiger partial charge in [-0.2, -0.15) is 0 Å². The first-order valence-electron chi connectivity index (χ1n) is 7.36. The Hall–Kier alpha value is -1.28. The minimum absolute atomic E-state index is 0.115. The van der Waals surface area contributed by atoms with Gasteiger partial charge in [0.15, 0.2) is 5.78 Å². The summed E-state index contributed by atoms with van der Waals surface area (Å²) in [7, 11) is 0. The van der Waals surface area contributed by atoms with Crippen LogP contribution in [0, 0.1) is 11.3 Å². The Bertz CT molecular complexity index is 674. The number of carbonyl (C=O) groups is 1. The standard InChI is InChI=1S/C17H17ClO2/c1-2-10-14-11-3-4-13(19)15(18)12(11)8-17(14)6-5-9(7-17)16(10)20/h3-4,9,19H,2,5-8H2,1H3. The van der Waals surface area contributed by atoms with E-state index in [2.05, 4.69) is 6.92 Å². The van der Waals surface area contributed by atoms with Crippen LogP contribution in [-0.2, 0) is 11.2 Å². The number of phenols is 1. The van der Waals surface area contributed by atoms with E-state index in [1.54, 1.807) is 6.07 Å². The summed E-state index contributed by atoms with van der Waals surface area (Å²) in [5.74, 6) is 0.725. The number of carbonyl (C=O) groups excluding carboxylic acids is 1. The molecule has 2 bridgehead atoms. The Balaban J connectivity index is 2.03. The molecule has 3 heteroatoms. The molecule has 0 amide bonds. The molecule has 2 nitrogen and oxygen atoms in total. The molecular weight excluding hydrogens is 272 g/mol. The van der Waals surface area contributed by atoms with Crippen LogP contribution in [0.15, 0.2) is 17.7 Å². The SMILES string of the molecule is CCC1=C2c3ccc(O)c(Cl)c3CC23CCC(C3)C1=O. The Morgan fingerprint density at radius 3 is 3.00 bits per heavy atom. The summed E-state index contributed by atoms with van der Waals surface area (Å²) in [5.41, 5.74) is 4.53. The molecule has 0 radical (unpaired) electrons. The highest BCUT2D eigenvalue weighted by atomic mass is 35.5. The largest absolute Gasteiger partial charge is 0.506 e. The van der Waals surface area contributed by atoms with Crippen LogP contribution in [0.5, 0.6) is 5.75 Å². The molecule has 0 aliphatic heterocycles. The van der Waals surface area contributed by atoms with Crippen molar-refractivity contribution in [2.24, 2.45) is 11.3 Å². The summed E-state index contributed by atoms with van der Waals surface area (Å²) in [5, 5.41) is 10.3. The first-order chi connectivity index (χ1) is 9.57. The topological polar surface area (TPSA) is 37.3 Å². The van der Waals surface area contributed by atoms with Crippen LogP contribution in [0.4, 0.5) is 0 Å². The summed E-state index contributed by atoms with van der Waals surface area (Å²) in [6, 6.07) is 3.61. The second-order valence-electron chi connectivity index (χ2n) is 6.39. The molecule has 1 fully saturated rings. The lowest BCUT2D eigenvalue weighted by atomic mass is 9.70. The molecular formula is C17H17ClO2. The van der Waals surface area contributed by atoms with Gasteiger partial charge in [0.05, 0.1) is 5.02 Å². The van der Waals surface area contributed by atoms with Crippen molar-refractivity contribution in [3.8, 4) is 5.75 Å². The first-order valence-corrected chi connectivity index (χ1v) is 7.74. The molecule has 0 aromatic heterocycles. The lowest BCUT2D eigenvalue weighted by Gasteiger charge is -2.32.